The van der Waals surface area contributed by atoms with Crippen LogP contribution in [-0.4, -0.2) is 43.9 Å². The second-order valence-electron chi connectivity index (χ2n) is 3.56. The van der Waals surface area contributed by atoms with Crippen molar-refractivity contribution in [1.82, 2.24) is 10.2 Å². The summed E-state index contributed by atoms with van der Waals surface area (Å²) < 4.78 is 0. The fraction of sp³-hybridized carbons (Fsp3) is 0.875. The van der Waals surface area contributed by atoms with E-state index in [9.17, 15) is 4.79 Å². The summed E-state index contributed by atoms with van der Waals surface area (Å²) in [5, 5.41) is 3.37. The number of rotatable bonds is 2. The van der Waals surface area contributed by atoms with Gasteiger partial charge >= 0.3 is 0 Å². The first-order valence-electron chi connectivity index (χ1n) is 4.27. The molecule has 0 saturated carbocycles. The minimum Gasteiger partial charge on any atom is -0.316 e. The summed E-state index contributed by atoms with van der Waals surface area (Å²) in [5.41, 5.74) is 0. The molecular weight excluding hydrogens is 176 g/mol. The van der Waals surface area contributed by atoms with Crippen molar-refractivity contribution < 1.29 is 4.79 Å². The molecule has 2 fully saturated rings. The average Bonchev–Trinajstić information content (AvgIpc) is 2.46. The standard InChI is InChI=1S/C8H14N2O.ClH/c11-2-1-10-5-7-3-9-4-8(7)6-10;/h2,7-9H,1,3-6H2;1H. The number of likely N-dealkylation sites (tertiary alicyclic amines) is 1. The Hall–Kier alpha value is -0.120. The second kappa shape index (κ2) is 4.21. The van der Waals surface area contributed by atoms with Crippen LogP contribution in [0.3, 0.4) is 0 Å². The highest BCUT2D eigenvalue weighted by Crippen LogP contribution is 2.25. The predicted molar refractivity (Wildman–Crippen MR) is 49.6 cm³/mol. The highest BCUT2D eigenvalue weighted by molar-refractivity contribution is 5.85. The summed E-state index contributed by atoms with van der Waals surface area (Å²) in [6, 6.07) is 0. The minimum atomic E-state index is 0. The van der Waals surface area contributed by atoms with Crippen molar-refractivity contribution in [2.75, 3.05) is 32.7 Å². The summed E-state index contributed by atoms with van der Waals surface area (Å²) in [6.07, 6.45) is 1.01. The first-order chi connectivity index (χ1) is 5.40. The second-order valence-corrected chi connectivity index (χ2v) is 3.56. The molecule has 0 aromatic heterocycles. The van der Waals surface area contributed by atoms with Crippen LogP contribution in [0.1, 0.15) is 0 Å². The van der Waals surface area contributed by atoms with Gasteiger partial charge in [-0.1, -0.05) is 0 Å². The molecule has 2 atom stereocenters. The van der Waals surface area contributed by atoms with Gasteiger partial charge < -0.3 is 10.1 Å². The van der Waals surface area contributed by atoms with Crippen LogP contribution in [-0.2, 0) is 4.79 Å². The molecule has 0 spiro atoms. The van der Waals surface area contributed by atoms with E-state index in [1.54, 1.807) is 0 Å². The van der Waals surface area contributed by atoms with E-state index >= 15 is 0 Å². The lowest BCUT2D eigenvalue weighted by Gasteiger charge is -2.11. The predicted octanol–water partition coefficient (Wildman–Crippen LogP) is -0.242. The van der Waals surface area contributed by atoms with Crippen molar-refractivity contribution in [3.05, 3.63) is 0 Å². The number of carbonyl (C=O) groups is 1. The van der Waals surface area contributed by atoms with E-state index in [1.165, 1.54) is 0 Å². The summed E-state index contributed by atoms with van der Waals surface area (Å²) >= 11 is 0. The molecule has 2 aliphatic heterocycles. The van der Waals surface area contributed by atoms with E-state index in [0.29, 0.717) is 6.54 Å². The number of nitrogens with zero attached hydrogens (tertiary/aromatic N) is 1. The molecule has 0 bridgehead atoms. The van der Waals surface area contributed by atoms with Crippen molar-refractivity contribution in [3.63, 3.8) is 0 Å². The molecule has 0 amide bonds. The van der Waals surface area contributed by atoms with Gasteiger partial charge in [0.05, 0.1) is 6.54 Å². The van der Waals surface area contributed by atoms with Crippen molar-refractivity contribution in [3.8, 4) is 0 Å². The number of halogens is 1. The number of aldehydes is 1. The maximum Gasteiger partial charge on any atom is 0.133 e. The van der Waals surface area contributed by atoms with E-state index in [-0.39, 0.29) is 12.4 Å². The zero-order chi connectivity index (χ0) is 7.68. The van der Waals surface area contributed by atoms with Crippen molar-refractivity contribution >= 4 is 18.7 Å². The van der Waals surface area contributed by atoms with E-state index in [4.69, 9.17) is 0 Å². The van der Waals surface area contributed by atoms with Gasteiger partial charge in [-0.2, -0.15) is 0 Å². The molecule has 2 saturated heterocycles. The Morgan fingerprint density at radius 3 is 2.42 bits per heavy atom. The van der Waals surface area contributed by atoms with Crippen LogP contribution in [0.5, 0.6) is 0 Å². The van der Waals surface area contributed by atoms with E-state index < -0.39 is 0 Å². The summed E-state index contributed by atoms with van der Waals surface area (Å²) in [5.74, 6) is 1.63. The van der Waals surface area contributed by atoms with E-state index in [1.807, 2.05) is 0 Å². The summed E-state index contributed by atoms with van der Waals surface area (Å²) in [4.78, 5) is 12.5. The molecule has 0 radical (unpaired) electrons. The third kappa shape index (κ3) is 1.79. The minimum absolute atomic E-state index is 0. The smallest absolute Gasteiger partial charge is 0.133 e. The van der Waals surface area contributed by atoms with Gasteiger partial charge in [-0.25, -0.2) is 0 Å². The quantitative estimate of drug-likeness (QED) is 0.610. The highest BCUT2D eigenvalue weighted by Gasteiger charge is 2.35. The summed E-state index contributed by atoms with van der Waals surface area (Å²) in [6.45, 7) is 5.18. The monoisotopic (exact) mass is 190 g/mol. The Bertz CT molecular complexity index is 153. The number of nitrogens with one attached hydrogen (secondary N) is 1. The van der Waals surface area contributed by atoms with Crippen LogP contribution in [0.4, 0.5) is 0 Å². The zero-order valence-corrected chi connectivity index (χ0v) is 7.85. The van der Waals surface area contributed by atoms with Gasteiger partial charge in [0.15, 0.2) is 0 Å². The van der Waals surface area contributed by atoms with Crippen LogP contribution in [0, 0.1) is 11.8 Å². The molecule has 2 rings (SSSR count). The highest BCUT2D eigenvalue weighted by atomic mass is 35.5. The molecule has 3 nitrogen and oxygen atoms in total. The third-order valence-electron chi connectivity index (χ3n) is 2.80. The number of carbonyl (C=O) groups excluding carboxylic acids is 1. The first-order valence-corrected chi connectivity index (χ1v) is 4.27. The van der Waals surface area contributed by atoms with Gasteiger partial charge in [-0.3, -0.25) is 4.90 Å². The Morgan fingerprint density at radius 1 is 1.33 bits per heavy atom. The summed E-state index contributed by atoms with van der Waals surface area (Å²) in [7, 11) is 0. The zero-order valence-electron chi connectivity index (χ0n) is 7.03. The lowest BCUT2D eigenvalue weighted by atomic mass is 10.0. The van der Waals surface area contributed by atoms with E-state index in [0.717, 1.165) is 44.3 Å². The Kier molecular flexibility index (Phi) is 3.50. The number of fused-ring (bicyclic) bond motifs is 1. The maximum absolute atomic E-state index is 10.2. The fourth-order valence-electron chi connectivity index (χ4n) is 2.21. The Balaban J connectivity index is 0.000000720. The molecule has 12 heavy (non-hydrogen) atoms. The maximum atomic E-state index is 10.2. The molecule has 4 heteroatoms. The SMILES string of the molecule is Cl.O=CCN1CC2CNCC2C1. The van der Waals surface area contributed by atoms with Crippen LogP contribution < -0.4 is 5.32 Å². The normalized spacial score (nSPS) is 34.3. The average molecular weight is 191 g/mol. The number of hydrogen-bond acceptors (Lipinski definition) is 3. The molecule has 2 aliphatic rings. The lowest BCUT2D eigenvalue weighted by molar-refractivity contribution is -0.108. The van der Waals surface area contributed by atoms with E-state index in [2.05, 4.69) is 10.2 Å². The van der Waals surface area contributed by atoms with Gasteiger partial charge in [0.25, 0.3) is 0 Å². The topological polar surface area (TPSA) is 32.3 Å². The molecule has 2 heterocycles. The molecular formula is C8H15ClN2O. The van der Waals surface area contributed by atoms with Crippen molar-refractivity contribution in [2.45, 2.75) is 0 Å². The Labute approximate surface area is 78.9 Å². The van der Waals surface area contributed by atoms with Crippen molar-refractivity contribution in [1.29, 1.82) is 0 Å². The van der Waals surface area contributed by atoms with Crippen LogP contribution in [0.15, 0.2) is 0 Å². The molecule has 2 unspecified atom stereocenters. The van der Waals surface area contributed by atoms with Gasteiger partial charge in [0, 0.05) is 13.1 Å². The molecule has 0 aromatic carbocycles. The largest absolute Gasteiger partial charge is 0.316 e. The van der Waals surface area contributed by atoms with Crippen LogP contribution in [0.25, 0.3) is 0 Å². The van der Waals surface area contributed by atoms with Crippen LogP contribution >= 0.6 is 12.4 Å². The third-order valence-corrected chi connectivity index (χ3v) is 2.80. The lowest BCUT2D eigenvalue weighted by Crippen LogP contribution is -2.27. The van der Waals surface area contributed by atoms with Gasteiger partial charge in [-0.15, -0.1) is 12.4 Å². The van der Waals surface area contributed by atoms with Gasteiger partial charge in [0.2, 0.25) is 0 Å². The van der Waals surface area contributed by atoms with Gasteiger partial charge in [0.1, 0.15) is 6.29 Å². The molecule has 0 aliphatic carbocycles. The Morgan fingerprint density at radius 2 is 1.92 bits per heavy atom. The number of hydrogen-bond donors (Lipinski definition) is 1. The molecule has 70 valence electrons. The molecule has 0 aromatic rings. The fourth-order valence-corrected chi connectivity index (χ4v) is 2.21. The molecule has 1 N–H and O–H groups in total. The van der Waals surface area contributed by atoms with Crippen molar-refractivity contribution in [2.24, 2.45) is 11.8 Å². The van der Waals surface area contributed by atoms with Crippen LogP contribution in [0.2, 0.25) is 0 Å². The van der Waals surface area contributed by atoms with Gasteiger partial charge in [-0.05, 0) is 24.9 Å². The first kappa shape index (κ1) is 9.96.